The maximum absolute atomic E-state index is 6.57. The molecule has 1 heterocycles. The minimum Gasteiger partial charge on any atom is -0.457 e. The van der Waals surface area contributed by atoms with Gasteiger partial charge in [0, 0.05) is 11.1 Å². The molecule has 8 rings (SSSR count). The van der Waals surface area contributed by atoms with Crippen LogP contribution < -0.4 is 21.1 Å². The Kier molecular flexibility index (Phi) is 5.78. The standard InChI is InChI=1S/C41H33BO/c1-26-14-11-15-27(2)39(26)42(40-28(3)16-12-17-29(40)4)35-23-13-22-34-38(35)30-18-5-6-19-31(30)41(34)32-20-7-9-24-36(32)43-37-25-10-8-21-33(37)41/h5-25H,1-4H3. The van der Waals surface area contributed by atoms with E-state index in [-0.39, 0.29) is 6.71 Å². The van der Waals surface area contributed by atoms with Crippen LogP contribution in [0.15, 0.2) is 127 Å². The molecule has 2 heteroatoms. The Morgan fingerprint density at radius 1 is 0.442 bits per heavy atom. The number of aryl methyl sites for hydroxylation is 4. The van der Waals surface area contributed by atoms with Gasteiger partial charge in [0.15, 0.2) is 0 Å². The van der Waals surface area contributed by atoms with Gasteiger partial charge < -0.3 is 4.74 Å². The van der Waals surface area contributed by atoms with Gasteiger partial charge in [-0.1, -0.05) is 154 Å². The molecule has 6 aromatic carbocycles. The zero-order chi connectivity index (χ0) is 29.3. The highest BCUT2D eigenvalue weighted by atomic mass is 16.5. The average Bonchev–Trinajstić information content (AvgIpc) is 3.31. The van der Waals surface area contributed by atoms with Crippen LogP contribution in [-0.4, -0.2) is 6.71 Å². The van der Waals surface area contributed by atoms with E-state index in [2.05, 4.69) is 155 Å². The molecule has 0 saturated heterocycles. The molecule has 0 amide bonds. The van der Waals surface area contributed by atoms with Crippen LogP contribution in [0, 0.1) is 27.7 Å². The van der Waals surface area contributed by atoms with Gasteiger partial charge in [-0.15, -0.1) is 0 Å². The van der Waals surface area contributed by atoms with Gasteiger partial charge in [0.05, 0.1) is 5.41 Å². The molecule has 206 valence electrons. The summed E-state index contributed by atoms with van der Waals surface area (Å²) >= 11 is 0. The van der Waals surface area contributed by atoms with Gasteiger partial charge in [-0.25, -0.2) is 0 Å². The van der Waals surface area contributed by atoms with Crippen LogP contribution >= 0.6 is 0 Å². The average molecular weight is 553 g/mol. The fraction of sp³-hybridized carbons (Fsp3) is 0.122. The molecule has 0 fully saturated rings. The Labute approximate surface area is 254 Å². The summed E-state index contributed by atoms with van der Waals surface area (Å²) in [4.78, 5) is 0. The summed E-state index contributed by atoms with van der Waals surface area (Å²) in [5, 5.41) is 0. The first-order valence-corrected chi connectivity index (χ1v) is 15.2. The predicted molar refractivity (Wildman–Crippen MR) is 180 cm³/mol. The molecule has 1 nitrogen and oxygen atoms in total. The monoisotopic (exact) mass is 552 g/mol. The molecule has 0 aromatic heterocycles. The van der Waals surface area contributed by atoms with Crippen LogP contribution in [0.25, 0.3) is 11.1 Å². The van der Waals surface area contributed by atoms with Crippen molar-refractivity contribution in [2.75, 3.05) is 0 Å². The van der Waals surface area contributed by atoms with Crippen LogP contribution in [0.1, 0.15) is 44.5 Å². The van der Waals surface area contributed by atoms with Crippen LogP contribution in [-0.2, 0) is 5.41 Å². The molecular weight excluding hydrogens is 519 g/mol. The fourth-order valence-corrected chi connectivity index (χ4v) is 8.19. The molecule has 0 radical (unpaired) electrons. The minimum absolute atomic E-state index is 0.0888. The molecule has 1 aliphatic carbocycles. The zero-order valence-corrected chi connectivity index (χ0v) is 25.1. The lowest BCUT2D eigenvalue weighted by Crippen LogP contribution is -2.56. The second kappa shape index (κ2) is 9.61. The third-order valence-corrected chi connectivity index (χ3v) is 9.88. The van der Waals surface area contributed by atoms with E-state index >= 15 is 0 Å². The number of fused-ring (bicyclic) bond motifs is 9. The molecule has 6 aromatic rings. The summed E-state index contributed by atoms with van der Waals surface area (Å²) in [6, 6.07) is 46.8. The van der Waals surface area contributed by atoms with Crippen molar-refractivity contribution >= 4 is 23.1 Å². The van der Waals surface area contributed by atoms with Gasteiger partial charge in [-0.05, 0) is 62.1 Å². The van der Waals surface area contributed by atoms with E-state index < -0.39 is 5.41 Å². The van der Waals surface area contributed by atoms with Crippen molar-refractivity contribution in [1.29, 1.82) is 0 Å². The summed E-state index contributed by atoms with van der Waals surface area (Å²) in [6.07, 6.45) is 0. The van der Waals surface area contributed by atoms with Gasteiger partial charge in [0.1, 0.15) is 11.5 Å². The third-order valence-electron chi connectivity index (χ3n) is 9.88. The highest BCUT2D eigenvalue weighted by Gasteiger charge is 2.52. The Morgan fingerprint density at radius 2 is 0.884 bits per heavy atom. The van der Waals surface area contributed by atoms with Gasteiger partial charge in [0.25, 0.3) is 0 Å². The van der Waals surface area contributed by atoms with Crippen LogP contribution in [0.5, 0.6) is 11.5 Å². The normalized spacial score (nSPS) is 13.5. The van der Waals surface area contributed by atoms with Gasteiger partial charge in [0.2, 0.25) is 6.71 Å². The summed E-state index contributed by atoms with van der Waals surface area (Å²) in [5.41, 5.74) is 16.7. The van der Waals surface area contributed by atoms with E-state index in [0.29, 0.717) is 0 Å². The molecule has 43 heavy (non-hydrogen) atoms. The van der Waals surface area contributed by atoms with Crippen molar-refractivity contribution in [3.8, 4) is 22.6 Å². The molecule has 1 aliphatic heterocycles. The number of para-hydroxylation sites is 2. The third kappa shape index (κ3) is 3.53. The van der Waals surface area contributed by atoms with E-state index in [1.54, 1.807) is 0 Å². The number of ether oxygens (including phenoxy) is 1. The largest absolute Gasteiger partial charge is 0.457 e. The second-order valence-electron chi connectivity index (χ2n) is 12.2. The smallest absolute Gasteiger partial charge is 0.243 e. The highest BCUT2D eigenvalue weighted by molar-refractivity contribution is 6.97. The lowest BCUT2D eigenvalue weighted by atomic mass is 9.33. The molecule has 1 spiro atoms. The van der Waals surface area contributed by atoms with Crippen LogP contribution in [0.4, 0.5) is 0 Å². The maximum Gasteiger partial charge on any atom is 0.243 e. The number of rotatable bonds is 3. The molecule has 0 N–H and O–H groups in total. The minimum atomic E-state index is -0.473. The van der Waals surface area contributed by atoms with Crippen molar-refractivity contribution in [2.45, 2.75) is 33.1 Å². The summed E-state index contributed by atoms with van der Waals surface area (Å²) in [6.45, 7) is 9.17. The van der Waals surface area contributed by atoms with E-state index in [1.807, 2.05) is 0 Å². The lowest BCUT2D eigenvalue weighted by Gasteiger charge is -2.39. The maximum atomic E-state index is 6.57. The zero-order valence-electron chi connectivity index (χ0n) is 25.1. The van der Waals surface area contributed by atoms with Gasteiger partial charge in [-0.2, -0.15) is 0 Å². The quantitative estimate of drug-likeness (QED) is 0.203. The highest BCUT2D eigenvalue weighted by Crippen LogP contribution is 2.61. The second-order valence-corrected chi connectivity index (χ2v) is 12.2. The Balaban J connectivity index is 1.54. The van der Waals surface area contributed by atoms with Gasteiger partial charge >= 0.3 is 0 Å². The van der Waals surface area contributed by atoms with Crippen molar-refractivity contribution in [3.63, 3.8) is 0 Å². The van der Waals surface area contributed by atoms with E-state index in [1.165, 1.54) is 72.0 Å². The Hall–Kier alpha value is -4.82. The first-order chi connectivity index (χ1) is 21.0. The van der Waals surface area contributed by atoms with Crippen molar-refractivity contribution in [1.82, 2.24) is 0 Å². The first kappa shape index (κ1) is 25.9. The van der Waals surface area contributed by atoms with Crippen LogP contribution in [0.3, 0.4) is 0 Å². The van der Waals surface area contributed by atoms with E-state index in [4.69, 9.17) is 4.74 Å². The molecule has 0 bridgehead atoms. The van der Waals surface area contributed by atoms with E-state index in [9.17, 15) is 0 Å². The molecular formula is C41H33BO. The molecule has 0 atom stereocenters. The number of hydrogen-bond acceptors (Lipinski definition) is 1. The Bertz CT molecular complexity index is 1930. The molecule has 0 unspecified atom stereocenters. The number of hydrogen-bond donors (Lipinski definition) is 0. The first-order valence-electron chi connectivity index (χ1n) is 15.2. The summed E-state index contributed by atoms with van der Waals surface area (Å²) in [5.74, 6) is 1.85. The molecule has 0 saturated carbocycles. The van der Waals surface area contributed by atoms with Gasteiger partial charge in [-0.3, -0.25) is 0 Å². The Morgan fingerprint density at radius 3 is 1.44 bits per heavy atom. The predicted octanol–water partition coefficient (Wildman–Crippen LogP) is 7.91. The van der Waals surface area contributed by atoms with Crippen molar-refractivity contribution < 1.29 is 4.74 Å². The van der Waals surface area contributed by atoms with Crippen molar-refractivity contribution in [3.05, 3.63) is 172 Å². The summed E-state index contributed by atoms with van der Waals surface area (Å²) in [7, 11) is 0. The fourth-order valence-electron chi connectivity index (χ4n) is 8.19. The molecule has 2 aliphatic rings. The van der Waals surface area contributed by atoms with Crippen molar-refractivity contribution in [2.24, 2.45) is 0 Å². The SMILES string of the molecule is Cc1cccc(C)c1B(c1cccc2c1-c1ccccc1C21c2ccccc2Oc2ccccc21)c1c(C)cccc1C. The number of benzene rings is 6. The van der Waals surface area contributed by atoms with E-state index in [0.717, 1.165) is 11.5 Å². The van der Waals surface area contributed by atoms with Crippen LogP contribution in [0.2, 0.25) is 0 Å². The summed E-state index contributed by atoms with van der Waals surface area (Å²) < 4.78 is 6.57. The topological polar surface area (TPSA) is 9.23 Å². The lowest BCUT2D eigenvalue weighted by molar-refractivity contribution is 0.436.